The van der Waals surface area contributed by atoms with Crippen molar-refractivity contribution in [2.24, 2.45) is 11.8 Å². The summed E-state index contributed by atoms with van der Waals surface area (Å²) in [6.07, 6.45) is -10.2. The molecule has 2 aromatic rings. The van der Waals surface area contributed by atoms with E-state index in [9.17, 15) is 29.4 Å². The maximum absolute atomic E-state index is 13.6. The van der Waals surface area contributed by atoms with E-state index in [0.29, 0.717) is 16.7 Å². The molecule has 0 saturated carbocycles. The lowest BCUT2D eigenvalue weighted by Gasteiger charge is -2.47. The number of aliphatic hydroxyl groups excluding tert-OH is 2. The quantitative estimate of drug-likeness (QED) is 0.240. The maximum Gasteiger partial charge on any atom is 0.525 e. The van der Waals surface area contributed by atoms with Crippen molar-refractivity contribution >= 4 is 13.8 Å². The molecule has 4 heterocycles. The molecule has 2 aromatic carbocycles. The van der Waals surface area contributed by atoms with Gasteiger partial charge < -0.3 is 57.4 Å². The third-order valence-electron chi connectivity index (χ3n) is 8.57. The minimum absolute atomic E-state index is 0.0186. The lowest BCUT2D eigenvalue weighted by molar-refractivity contribution is -0.364. The van der Waals surface area contributed by atoms with Gasteiger partial charge in [0.05, 0.1) is 42.1 Å². The van der Waals surface area contributed by atoms with Gasteiger partial charge in [0.2, 0.25) is 12.5 Å². The van der Waals surface area contributed by atoms with Crippen LogP contribution in [0, 0.1) is 11.8 Å². The first-order chi connectivity index (χ1) is 23.4. The van der Waals surface area contributed by atoms with E-state index < -0.39 is 93.7 Å². The Labute approximate surface area is 267 Å². The van der Waals surface area contributed by atoms with Crippen LogP contribution in [0.5, 0.6) is 28.7 Å². The highest BCUT2D eigenvalue weighted by Crippen LogP contribution is 2.57. The van der Waals surface area contributed by atoms with E-state index in [1.807, 2.05) is 0 Å². The highest BCUT2D eigenvalue weighted by atomic mass is 31.2. The highest BCUT2D eigenvalue weighted by Gasteiger charge is 2.56. The van der Waals surface area contributed by atoms with Crippen LogP contribution in [0.2, 0.25) is 0 Å². The number of benzene rings is 2. The van der Waals surface area contributed by atoms with Crippen LogP contribution in [0.4, 0.5) is 0 Å². The lowest BCUT2D eigenvalue weighted by Crippen LogP contribution is -2.63. The second-order valence-electron chi connectivity index (χ2n) is 11.2. The molecular weight excluding hydrogens is 635 g/mol. The van der Waals surface area contributed by atoms with Crippen molar-refractivity contribution in [3.63, 3.8) is 0 Å². The normalized spacial score (nSPS) is 38.1. The monoisotopic (exact) mass is 672 g/mol. The predicted molar refractivity (Wildman–Crippen MR) is 149 cm³/mol. The Morgan fingerprint density at radius 3 is 2.28 bits per heavy atom. The van der Waals surface area contributed by atoms with Crippen LogP contribution in [0.25, 0.3) is 0 Å². The third kappa shape index (κ3) is 5.37. The number of carbonyl (C=O) groups is 1. The van der Waals surface area contributed by atoms with E-state index >= 15 is 0 Å². The molecule has 5 aliphatic rings. The van der Waals surface area contributed by atoms with Gasteiger partial charge in [-0.15, -0.1) is 0 Å². The van der Waals surface area contributed by atoms with Crippen LogP contribution in [0.1, 0.15) is 41.1 Å². The lowest BCUT2D eigenvalue weighted by atomic mass is 9.66. The molecule has 250 valence electrons. The second-order valence-corrected chi connectivity index (χ2v) is 12.4. The summed E-state index contributed by atoms with van der Waals surface area (Å²) in [4.78, 5) is 32.6. The van der Waals surface area contributed by atoms with Gasteiger partial charge in [-0.2, -0.15) is 0 Å². The van der Waals surface area contributed by atoms with E-state index in [1.165, 1.54) is 45.4 Å². The molecule has 46 heavy (non-hydrogen) atoms. The fourth-order valence-corrected chi connectivity index (χ4v) is 7.03. The first-order valence-corrected chi connectivity index (χ1v) is 15.7. The van der Waals surface area contributed by atoms with Crippen LogP contribution in [0.15, 0.2) is 24.3 Å². The number of rotatable bonds is 7. The Kier molecular flexibility index (Phi) is 6.89. The molecule has 7 rings (SSSR count). The van der Waals surface area contributed by atoms with E-state index in [2.05, 4.69) is 0 Å². The number of esters is 1. The first kappa shape index (κ1) is 26.8. The summed E-state index contributed by atoms with van der Waals surface area (Å²) < 4.78 is 99.5. The number of aliphatic hydroxyl groups is 2. The maximum atomic E-state index is 13.6. The van der Waals surface area contributed by atoms with Crippen molar-refractivity contribution in [3.05, 3.63) is 41.0 Å². The van der Waals surface area contributed by atoms with Crippen molar-refractivity contribution in [1.82, 2.24) is 0 Å². The smallest absolute Gasteiger partial charge is 0.493 e. The third-order valence-corrected chi connectivity index (χ3v) is 8.99. The first-order valence-electron chi connectivity index (χ1n) is 16.1. The fourth-order valence-electron chi connectivity index (χ4n) is 6.62. The SMILES string of the molecule is [2H]C1([2H])Oc2cc3c(cc2O1)[C@@H](O[C@@H]1O[C@H]2[C@@H](O[C@H](C)OC2([2H])[2H])[C@H](O)[C@H]1O)[C@H]1COC(=O)[C@@H]1[C@@H]3c1cc(OC)c(OP(=O)(O)O)c(OC)c1. The highest BCUT2D eigenvalue weighted by molar-refractivity contribution is 7.46. The van der Waals surface area contributed by atoms with Crippen LogP contribution < -0.4 is 23.5 Å². The van der Waals surface area contributed by atoms with E-state index in [4.69, 9.17) is 52.6 Å². The summed E-state index contributed by atoms with van der Waals surface area (Å²) in [6.45, 7) is -3.78. The van der Waals surface area contributed by atoms with Gasteiger partial charge in [0.25, 0.3) is 0 Å². The Bertz CT molecular complexity index is 1710. The standard InChI is InChI=1S/C29H33O16P/c1-11-38-9-20-27(42-11)23(30)24(31)29(43-20)44-25-14-7-17-16(40-10-41-17)6-13(14)21(22-15(25)8-39-28(22)32)12-4-18(36-2)26(19(5-12)37-3)45-46(33,34)35/h4-7,11,15,20-25,27,29-31H,8-10H2,1-3H3,(H2,33,34,35)/t11-,15+,20-,21-,22+,23-,24-,25-,27-,29+/m1/s1/i9D2,10D2. The largest absolute Gasteiger partial charge is 0.525 e. The van der Waals surface area contributed by atoms with Gasteiger partial charge in [-0.25, -0.2) is 4.57 Å². The zero-order chi connectivity index (χ0) is 36.1. The van der Waals surface area contributed by atoms with E-state index in [-0.39, 0.29) is 29.6 Å². The molecule has 17 heteroatoms. The van der Waals surface area contributed by atoms with Crippen molar-refractivity contribution < 1.29 is 82.0 Å². The summed E-state index contributed by atoms with van der Waals surface area (Å²) in [7, 11) is -2.61. The van der Waals surface area contributed by atoms with Gasteiger partial charge >= 0.3 is 13.8 Å². The number of phosphoric ester groups is 1. The molecule has 0 aromatic heterocycles. The van der Waals surface area contributed by atoms with Gasteiger partial charge in [0.15, 0.2) is 35.6 Å². The molecule has 0 amide bonds. The summed E-state index contributed by atoms with van der Waals surface area (Å²) in [5.74, 6) is -4.20. The average Bonchev–Trinajstić information content (AvgIpc) is 3.55. The fraction of sp³-hybridized carbons (Fsp3) is 0.552. The number of cyclic esters (lactones) is 1. The molecule has 4 N–H and O–H groups in total. The van der Waals surface area contributed by atoms with Crippen molar-refractivity contribution in [2.45, 2.75) is 55.9 Å². The van der Waals surface area contributed by atoms with Crippen LogP contribution in [-0.2, 0) is 33.0 Å². The minimum atomic E-state index is -5.08. The molecule has 0 spiro atoms. The van der Waals surface area contributed by atoms with Crippen LogP contribution in [0.3, 0.4) is 0 Å². The molecule has 4 aliphatic heterocycles. The van der Waals surface area contributed by atoms with Crippen molar-refractivity contribution in [1.29, 1.82) is 0 Å². The Morgan fingerprint density at radius 2 is 1.63 bits per heavy atom. The predicted octanol–water partition coefficient (Wildman–Crippen LogP) is 1.10. The number of fused-ring (bicyclic) bond motifs is 4. The van der Waals surface area contributed by atoms with Gasteiger partial charge in [-0.3, -0.25) is 14.6 Å². The second kappa shape index (κ2) is 11.8. The van der Waals surface area contributed by atoms with Gasteiger partial charge in [0, 0.05) is 11.8 Å². The molecule has 0 radical (unpaired) electrons. The zero-order valence-corrected chi connectivity index (χ0v) is 25.3. The van der Waals surface area contributed by atoms with Gasteiger partial charge in [-0.05, 0) is 47.9 Å². The van der Waals surface area contributed by atoms with Gasteiger partial charge in [0.1, 0.15) is 27.2 Å². The van der Waals surface area contributed by atoms with E-state index in [0.717, 1.165) is 0 Å². The molecule has 3 saturated heterocycles. The number of carbonyl (C=O) groups excluding carboxylic acids is 1. The Hall–Kier alpha value is -3.18. The molecule has 3 fully saturated rings. The molecular formula is C29H33O16P. The van der Waals surface area contributed by atoms with Crippen LogP contribution >= 0.6 is 7.82 Å². The number of hydrogen-bond acceptors (Lipinski definition) is 14. The summed E-state index contributed by atoms with van der Waals surface area (Å²) >= 11 is 0. The molecule has 0 unspecified atom stereocenters. The Balaban J connectivity index is 1.35. The molecule has 16 nitrogen and oxygen atoms in total. The summed E-state index contributed by atoms with van der Waals surface area (Å²) in [5.41, 5.74) is 0.974. The Morgan fingerprint density at radius 1 is 0.957 bits per heavy atom. The molecule has 1 aliphatic carbocycles. The van der Waals surface area contributed by atoms with Crippen molar-refractivity contribution in [2.75, 3.05) is 34.1 Å². The molecule has 0 bridgehead atoms. The minimum Gasteiger partial charge on any atom is -0.493 e. The molecule has 10 atom stereocenters. The van der Waals surface area contributed by atoms with Crippen LogP contribution in [-0.4, -0.2) is 97.1 Å². The van der Waals surface area contributed by atoms with E-state index in [1.54, 1.807) is 0 Å². The number of methoxy groups -OCH3 is 2. The average molecular weight is 673 g/mol. The topological polar surface area (TPSA) is 207 Å². The van der Waals surface area contributed by atoms with Gasteiger partial charge in [-0.1, -0.05) is 0 Å². The summed E-state index contributed by atoms with van der Waals surface area (Å²) in [5, 5.41) is 22.2. The number of phosphoric acid groups is 1. The number of hydrogen-bond donors (Lipinski definition) is 4. The zero-order valence-electron chi connectivity index (χ0n) is 28.4. The van der Waals surface area contributed by atoms with Crippen molar-refractivity contribution in [3.8, 4) is 28.7 Å². The summed E-state index contributed by atoms with van der Waals surface area (Å²) in [6, 6.07) is 5.68. The number of ether oxygens (including phenoxy) is 9.